The van der Waals surface area contributed by atoms with E-state index in [-0.39, 0.29) is 11.8 Å². The van der Waals surface area contributed by atoms with Crippen molar-refractivity contribution in [1.82, 2.24) is 15.2 Å². The lowest BCUT2D eigenvalue weighted by molar-refractivity contribution is 0.0303. The van der Waals surface area contributed by atoms with E-state index in [9.17, 15) is 9.59 Å². The molecule has 4 rings (SSSR count). The summed E-state index contributed by atoms with van der Waals surface area (Å²) in [7, 11) is 0. The van der Waals surface area contributed by atoms with Crippen molar-refractivity contribution in [3.8, 4) is 0 Å². The lowest BCUT2D eigenvalue weighted by atomic mass is 10.1. The molecule has 2 heterocycles. The minimum absolute atomic E-state index is 0.0209. The molecule has 1 aliphatic heterocycles. The summed E-state index contributed by atoms with van der Waals surface area (Å²) in [4.78, 5) is 30.1. The van der Waals surface area contributed by atoms with Crippen LogP contribution in [0.2, 0.25) is 0 Å². The van der Waals surface area contributed by atoms with Crippen LogP contribution in [-0.4, -0.2) is 48.0 Å². The average molecular weight is 391 g/mol. The zero-order chi connectivity index (χ0) is 20.4. The molecule has 6 heteroatoms. The number of rotatable bonds is 4. The van der Waals surface area contributed by atoms with Gasteiger partial charge >= 0.3 is 0 Å². The van der Waals surface area contributed by atoms with E-state index >= 15 is 0 Å². The highest BCUT2D eigenvalue weighted by molar-refractivity contribution is 5.99. The Morgan fingerprint density at radius 2 is 1.79 bits per heavy atom. The highest BCUT2D eigenvalue weighted by Gasteiger charge is 2.18. The van der Waals surface area contributed by atoms with E-state index in [1.807, 2.05) is 50.2 Å². The summed E-state index contributed by atoms with van der Waals surface area (Å²) < 4.78 is 5.29. The van der Waals surface area contributed by atoms with Crippen LogP contribution >= 0.6 is 0 Å². The first-order chi connectivity index (χ1) is 14.0. The molecule has 1 aromatic heterocycles. The number of carbonyl (C=O) groups excluding carboxylic acids is 2. The largest absolute Gasteiger partial charge is 0.378 e. The Kier molecular flexibility index (Phi) is 5.36. The fourth-order valence-electron chi connectivity index (χ4n) is 3.71. The summed E-state index contributed by atoms with van der Waals surface area (Å²) in [6.07, 6.45) is 0. The molecule has 1 aliphatic rings. The zero-order valence-corrected chi connectivity index (χ0v) is 16.7. The maximum absolute atomic E-state index is 12.6. The van der Waals surface area contributed by atoms with E-state index in [2.05, 4.69) is 16.4 Å². The summed E-state index contributed by atoms with van der Waals surface area (Å²) >= 11 is 0. The molecule has 0 unspecified atom stereocenters. The number of carbonyl (C=O) groups is 2. The van der Waals surface area contributed by atoms with Crippen molar-refractivity contribution >= 4 is 22.7 Å². The Morgan fingerprint density at radius 3 is 2.52 bits per heavy atom. The van der Waals surface area contributed by atoms with E-state index in [4.69, 9.17) is 4.74 Å². The molecule has 0 aliphatic carbocycles. The Labute approximate surface area is 169 Å². The third-order valence-corrected chi connectivity index (χ3v) is 5.29. The third-order valence-electron chi connectivity index (χ3n) is 5.29. The van der Waals surface area contributed by atoms with Gasteiger partial charge in [0.2, 0.25) is 0 Å². The normalized spacial score (nSPS) is 14.2. The summed E-state index contributed by atoms with van der Waals surface area (Å²) in [6, 6.07) is 13.4. The van der Waals surface area contributed by atoms with Gasteiger partial charge in [0.05, 0.1) is 13.2 Å². The summed E-state index contributed by atoms with van der Waals surface area (Å²) in [6.45, 7) is 6.91. The molecular weight excluding hydrogens is 366 g/mol. The van der Waals surface area contributed by atoms with Crippen LogP contribution in [0.3, 0.4) is 0 Å². The van der Waals surface area contributed by atoms with Crippen molar-refractivity contribution in [2.24, 2.45) is 0 Å². The number of aromatic nitrogens is 1. The number of hydrogen-bond acceptors (Lipinski definition) is 3. The van der Waals surface area contributed by atoms with Gasteiger partial charge in [0.25, 0.3) is 11.8 Å². The second kappa shape index (κ2) is 8.09. The standard InChI is InChI=1S/C23H25N3O3/c1-15-11-16(2)19-13-21(25-20(19)12-15)22(27)24-14-17-3-5-18(6-4-17)23(28)26-7-9-29-10-8-26/h3-6,11-13,25H,7-10,14H2,1-2H3,(H,24,27). The molecule has 1 saturated heterocycles. The van der Waals surface area contributed by atoms with Crippen LogP contribution in [-0.2, 0) is 11.3 Å². The van der Waals surface area contributed by atoms with E-state index < -0.39 is 0 Å². The number of fused-ring (bicyclic) bond motifs is 1. The summed E-state index contributed by atoms with van der Waals surface area (Å²) in [5, 5.41) is 4.00. The molecule has 6 nitrogen and oxygen atoms in total. The minimum atomic E-state index is -0.147. The van der Waals surface area contributed by atoms with Crippen LogP contribution < -0.4 is 5.32 Å². The number of aromatic amines is 1. The number of nitrogens with zero attached hydrogens (tertiary/aromatic N) is 1. The van der Waals surface area contributed by atoms with Crippen molar-refractivity contribution in [3.05, 3.63) is 70.4 Å². The van der Waals surface area contributed by atoms with Gasteiger partial charge in [0, 0.05) is 36.1 Å². The molecule has 1 fully saturated rings. The molecular formula is C23H25N3O3. The van der Waals surface area contributed by atoms with Crippen LogP contribution in [0, 0.1) is 13.8 Å². The third kappa shape index (κ3) is 4.17. The number of H-pyrrole nitrogens is 1. The lowest BCUT2D eigenvalue weighted by Crippen LogP contribution is -2.40. The molecule has 0 bridgehead atoms. The van der Waals surface area contributed by atoms with Crippen molar-refractivity contribution in [2.45, 2.75) is 20.4 Å². The SMILES string of the molecule is Cc1cc(C)c2cc(C(=O)NCc3ccc(C(=O)N4CCOCC4)cc3)[nH]c2c1. The van der Waals surface area contributed by atoms with Gasteiger partial charge in [-0.15, -0.1) is 0 Å². The first kappa shape index (κ1) is 19.2. The summed E-state index contributed by atoms with van der Waals surface area (Å²) in [5.74, 6) is -0.126. The van der Waals surface area contributed by atoms with Crippen molar-refractivity contribution in [2.75, 3.05) is 26.3 Å². The van der Waals surface area contributed by atoms with E-state index in [0.717, 1.165) is 27.6 Å². The molecule has 29 heavy (non-hydrogen) atoms. The maximum Gasteiger partial charge on any atom is 0.267 e. The van der Waals surface area contributed by atoms with Gasteiger partial charge < -0.3 is 19.9 Å². The maximum atomic E-state index is 12.6. The van der Waals surface area contributed by atoms with Gasteiger partial charge in [-0.2, -0.15) is 0 Å². The molecule has 0 spiro atoms. The fourth-order valence-corrected chi connectivity index (χ4v) is 3.71. The Balaban J connectivity index is 1.39. The second-order valence-corrected chi connectivity index (χ2v) is 7.51. The van der Waals surface area contributed by atoms with Crippen LogP contribution in [0.1, 0.15) is 37.5 Å². The van der Waals surface area contributed by atoms with Crippen LogP contribution in [0.15, 0.2) is 42.5 Å². The molecule has 0 atom stereocenters. The van der Waals surface area contributed by atoms with Crippen molar-refractivity contribution in [1.29, 1.82) is 0 Å². The molecule has 0 saturated carbocycles. The fraction of sp³-hybridized carbons (Fsp3) is 0.304. The second-order valence-electron chi connectivity index (χ2n) is 7.51. The van der Waals surface area contributed by atoms with E-state index in [1.54, 1.807) is 4.90 Å². The van der Waals surface area contributed by atoms with Crippen LogP contribution in [0.4, 0.5) is 0 Å². The number of morpholine rings is 1. The highest BCUT2D eigenvalue weighted by Crippen LogP contribution is 2.21. The lowest BCUT2D eigenvalue weighted by Gasteiger charge is -2.26. The molecule has 3 aromatic rings. The van der Waals surface area contributed by atoms with Crippen molar-refractivity contribution in [3.63, 3.8) is 0 Å². The van der Waals surface area contributed by atoms with Crippen LogP contribution in [0.5, 0.6) is 0 Å². The molecule has 2 amide bonds. The van der Waals surface area contributed by atoms with E-state index in [1.165, 1.54) is 0 Å². The predicted octanol–water partition coefficient (Wildman–Crippen LogP) is 3.19. The minimum Gasteiger partial charge on any atom is -0.378 e. The number of aryl methyl sites for hydroxylation is 2. The Morgan fingerprint density at radius 1 is 1.07 bits per heavy atom. The Hall–Kier alpha value is -3.12. The van der Waals surface area contributed by atoms with Crippen LogP contribution in [0.25, 0.3) is 10.9 Å². The topological polar surface area (TPSA) is 74.4 Å². The number of amides is 2. The monoisotopic (exact) mass is 391 g/mol. The number of nitrogens with one attached hydrogen (secondary N) is 2. The van der Waals surface area contributed by atoms with Gasteiger partial charge in [0.15, 0.2) is 0 Å². The molecule has 2 aromatic carbocycles. The van der Waals surface area contributed by atoms with Crippen molar-refractivity contribution < 1.29 is 14.3 Å². The number of benzene rings is 2. The molecule has 150 valence electrons. The molecule has 2 N–H and O–H groups in total. The van der Waals surface area contributed by atoms with Gasteiger partial charge in [-0.05, 0) is 54.8 Å². The zero-order valence-electron chi connectivity index (χ0n) is 16.7. The summed E-state index contributed by atoms with van der Waals surface area (Å²) in [5.41, 5.74) is 5.43. The number of hydrogen-bond donors (Lipinski definition) is 2. The molecule has 0 radical (unpaired) electrons. The number of ether oxygens (including phenoxy) is 1. The van der Waals surface area contributed by atoms with Gasteiger partial charge in [-0.25, -0.2) is 0 Å². The highest BCUT2D eigenvalue weighted by atomic mass is 16.5. The van der Waals surface area contributed by atoms with Gasteiger partial charge in [-0.1, -0.05) is 18.2 Å². The average Bonchev–Trinajstić information content (AvgIpc) is 3.17. The quantitative estimate of drug-likeness (QED) is 0.717. The first-order valence-corrected chi connectivity index (χ1v) is 9.85. The van der Waals surface area contributed by atoms with Gasteiger partial charge in [-0.3, -0.25) is 9.59 Å². The van der Waals surface area contributed by atoms with Gasteiger partial charge in [0.1, 0.15) is 5.69 Å². The predicted molar refractivity (Wildman–Crippen MR) is 112 cm³/mol. The smallest absolute Gasteiger partial charge is 0.267 e. The Bertz CT molecular complexity index is 1050. The first-order valence-electron chi connectivity index (χ1n) is 9.85. The van der Waals surface area contributed by atoms with E-state index in [0.29, 0.717) is 44.1 Å².